The number of anilines is 2. The van der Waals surface area contributed by atoms with E-state index in [2.05, 4.69) is 32.2 Å². The lowest BCUT2D eigenvalue weighted by Crippen LogP contribution is -2.34. The van der Waals surface area contributed by atoms with Crippen LogP contribution in [0.25, 0.3) is 10.9 Å². The SMILES string of the molecule is Cc1cc2[nH]ccc2cc1NC(=O)c1cc(N(C)C2CCCCC2)ncn1. The van der Waals surface area contributed by atoms with E-state index in [9.17, 15) is 4.79 Å². The second kappa shape index (κ2) is 7.39. The van der Waals surface area contributed by atoms with E-state index in [1.807, 2.05) is 31.3 Å². The molecule has 2 aromatic heterocycles. The quantitative estimate of drug-likeness (QED) is 0.725. The van der Waals surface area contributed by atoms with Gasteiger partial charge in [0.1, 0.15) is 17.8 Å². The van der Waals surface area contributed by atoms with Crippen LogP contribution in [0.2, 0.25) is 0 Å². The van der Waals surface area contributed by atoms with Crippen LogP contribution in [0.3, 0.4) is 0 Å². The van der Waals surface area contributed by atoms with Gasteiger partial charge in [0.15, 0.2) is 0 Å². The Morgan fingerprint density at radius 2 is 2.00 bits per heavy atom. The number of aryl methyl sites for hydroxylation is 1. The highest BCUT2D eigenvalue weighted by Gasteiger charge is 2.20. The summed E-state index contributed by atoms with van der Waals surface area (Å²) in [4.78, 5) is 26.7. The highest BCUT2D eigenvalue weighted by molar-refractivity contribution is 6.04. The van der Waals surface area contributed by atoms with E-state index in [0.717, 1.165) is 28.0 Å². The normalized spacial score (nSPS) is 15.0. The third kappa shape index (κ3) is 3.65. The number of benzene rings is 1. The molecule has 0 unspecified atom stereocenters. The standard InChI is InChI=1S/C21H25N5O/c1-14-10-18-15(8-9-22-18)11-17(14)25-21(27)19-12-20(24-13-23-19)26(2)16-6-4-3-5-7-16/h8-13,16,22H,3-7H2,1-2H3,(H,25,27). The van der Waals surface area contributed by atoms with E-state index < -0.39 is 0 Å². The summed E-state index contributed by atoms with van der Waals surface area (Å²) < 4.78 is 0. The Kier molecular flexibility index (Phi) is 4.79. The molecule has 0 spiro atoms. The first kappa shape index (κ1) is 17.5. The van der Waals surface area contributed by atoms with E-state index in [4.69, 9.17) is 0 Å². The van der Waals surface area contributed by atoms with Crippen LogP contribution in [-0.2, 0) is 0 Å². The first-order valence-corrected chi connectivity index (χ1v) is 9.56. The third-order valence-corrected chi connectivity index (χ3v) is 5.52. The molecule has 27 heavy (non-hydrogen) atoms. The summed E-state index contributed by atoms with van der Waals surface area (Å²) in [5.41, 5.74) is 3.25. The van der Waals surface area contributed by atoms with Crippen LogP contribution >= 0.6 is 0 Å². The fraction of sp³-hybridized carbons (Fsp3) is 0.381. The van der Waals surface area contributed by atoms with Crippen molar-refractivity contribution in [2.75, 3.05) is 17.3 Å². The second-order valence-corrected chi connectivity index (χ2v) is 7.35. The Balaban J connectivity index is 1.53. The number of nitrogens with one attached hydrogen (secondary N) is 2. The van der Waals surface area contributed by atoms with E-state index in [0.29, 0.717) is 11.7 Å². The summed E-state index contributed by atoms with van der Waals surface area (Å²) in [6.45, 7) is 1.98. The number of rotatable bonds is 4. The molecule has 1 saturated carbocycles. The van der Waals surface area contributed by atoms with Gasteiger partial charge in [0.05, 0.1) is 0 Å². The van der Waals surface area contributed by atoms with Crippen LogP contribution in [0.1, 0.15) is 48.2 Å². The predicted molar refractivity (Wildman–Crippen MR) is 108 cm³/mol. The largest absolute Gasteiger partial charge is 0.361 e. The molecule has 4 rings (SSSR count). The zero-order valence-electron chi connectivity index (χ0n) is 15.8. The number of carbonyl (C=O) groups excluding carboxylic acids is 1. The molecule has 0 atom stereocenters. The Labute approximate surface area is 159 Å². The molecule has 1 aliphatic carbocycles. The number of amides is 1. The van der Waals surface area contributed by atoms with Crippen LogP contribution in [0.15, 0.2) is 36.8 Å². The molecule has 3 aromatic rings. The minimum absolute atomic E-state index is 0.214. The van der Waals surface area contributed by atoms with Crippen LogP contribution in [0.5, 0.6) is 0 Å². The number of fused-ring (bicyclic) bond motifs is 1. The number of hydrogen-bond donors (Lipinski definition) is 2. The average Bonchev–Trinajstić information content (AvgIpc) is 3.15. The molecular weight excluding hydrogens is 338 g/mol. The van der Waals surface area contributed by atoms with Gasteiger partial charge in [0.2, 0.25) is 0 Å². The lowest BCUT2D eigenvalue weighted by Gasteiger charge is -2.32. The van der Waals surface area contributed by atoms with Gasteiger partial charge < -0.3 is 15.2 Å². The topological polar surface area (TPSA) is 73.9 Å². The minimum atomic E-state index is -0.214. The van der Waals surface area contributed by atoms with Crippen molar-refractivity contribution >= 4 is 28.3 Å². The molecule has 140 valence electrons. The van der Waals surface area contributed by atoms with Crippen LogP contribution in [-0.4, -0.2) is 33.9 Å². The number of nitrogens with zero attached hydrogens (tertiary/aromatic N) is 3. The van der Waals surface area contributed by atoms with Crippen molar-refractivity contribution in [3.8, 4) is 0 Å². The average molecular weight is 363 g/mol. The molecule has 6 nitrogen and oxygen atoms in total. The van der Waals surface area contributed by atoms with E-state index in [-0.39, 0.29) is 5.91 Å². The van der Waals surface area contributed by atoms with Gasteiger partial charge >= 0.3 is 0 Å². The summed E-state index contributed by atoms with van der Waals surface area (Å²) in [5, 5.41) is 4.06. The van der Waals surface area contributed by atoms with Gasteiger partial charge in [-0.15, -0.1) is 0 Å². The number of aromatic nitrogens is 3. The number of carbonyl (C=O) groups is 1. The molecular formula is C21H25N5O. The van der Waals surface area contributed by atoms with Gasteiger partial charge in [-0.2, -0.15) is 0 Å². The fourth-order valence-electron chi connectivity index (χ4n) is 3.85. The maximum absolute atomic E-state index is 12.8. The van der Waals surface area contributed by atoms with Crippen molar-refractivity contribution in [2.24, 2.45) is 0 Å². The molecule has 1 amide bonds. The third-order valence-electron chi connectivity index (χ3n) is 5.52. The first-order valence-electron chi connectivity index (χ1n) is 9.56. The summed E-state index contributed by atoms with van der Waals surface area (Å²) >= 11 is 0. The van der Waals surface area contributed by atoms with Crippen molar-refractivity contribution in [3.05, 3.63) is 48.0 Å². The maximum atomic E-state index is 12.8. The smallest absolute Gasteiger partial charge is 0.274 e. The first-order chi connectivity index (χ1) is 13.1. The van der Waals surface area contributed by atoms with Crippen molar-refractivity contribution in [2.45, 2.75) is 45.1 Å². The monoisotopic (exact) mass is 363 g/mol. The van der Waals surface area contributed by atoms with Gasteiger partial charge in [-0.1, -0.05) is 19.3 Å². The molecule has 0 saturated heterocycles. The fourth-order valence-corrected chi connectivity index (χ4v) is 3.85. The number of aromatic amines is 1. The number of H-pyrrole nitrogens is 1. The molecule has 0 radical (unpaired) electrons. The Hall–Kier alpha value is -2.89. The summed E-state index contributed by atoms with van der Waals surface area (Å²) in [6, 6.07) is 8.28. The molecule has 1 aliphatic rings. The van der Waals surface area contributed by atoms with Crippen LogP contribution in [0.4, 0.5) is 11.5 Å². The van der Waals surface area contributed by atoms with Gasteiger partial charge in [-0.25, -0.2) is 9.97 Å². The zero-order valence-corrected chi connectivity index (χ0v) is 15.8. The molecule has 6 heteroatoms. The van der Waals surface area contributed by atoms with Crippen LogP contribution < -0.4 is 10.2 Å². The second-order valence-electron chi connectivity index (χ2n) is 7.35. The molecule has 2 heterocycles. The Morgan fingerprint density at radius 1 is 1.19 bits per heavy atom. The van der Waals surface area contributed by atoms with Gasteiger partial charge in [0, 0.05) is 41.9 Å². The van der Waals surface area contributed by atoms with E-state index in [1.165, 1.54) is 38.4 Å². The molecule has 2 N–H and O–H groups in total. The molecule has 0 aliphatic heterocycles. The Bertz CT molecular complexity index is 958. The summed E-state index contributed by atoms with van der Waals surface area (Å²) in [6.07, 6.45) is 9.56. The van der Waals surface area contributed by atoms with Gasteiger partial charge in [0.25, 0.3) is 5.91 Å². The zero-order chi connectivity index (χ0) is 18.8. The van der Waals surface area contributed by atoms with Gasteiger partial charge in [-0.05, 0) is 43.5 Å². The minimum Gasteiger partial charge on any atom is -0.361 e. The summed E-state index contributed by atoms with van der Waals surface area (Å²) in [5.74, 6) is 0.591. The van der Waals surface area contributed by atoms with E-state index >= 15 is 0 Å². The lowest BCUT2D eigenvalue weighted by atomic mass is 9.94. The van der Waals surface area contributed by atoms with Gasteiger partial charge in [-0.3, -0.25) is 4.79 Å². The van der Waals surface area contributed by atoms with E-state index in [1.54, 1.807) is 6.07 Å². The van der Waals surface area contributed by atoms with Crippen molar-refractivity contribution in [1.82, 2.24) is 15.0 Å². The number of hydrogen-bond acceptors (Lipinski definition) is 4. The highest BCUT2D eigenvalue weighted by atomic mass is 16.1. The van der Waals surface area contributed by atoms with Crippen molar-refractivity contribution in [1.29, 1.82) is 0 Å². The van der Waals surface area contributed by atoms with Crippen molar-refractivity contribution in [3.63, 3.8) is 0 Å². The Morgan fingerprint density at radius 3 is 2.81 bits per heavy atom. The molecule has 1 aromatic carbocycles. The predicted octanol–water partition coefficient (Wildman–Crippen LogP) is 4.29. The van der Waals surface area contributed by atoms with Crippen molar-refractivity contribution < 1.29 is 4.79 Å². The summed E-state index contributed by atoms with van der Waals surface area (Å²) in [7, 11) is 2.06. The maximum Gasteiger partial charge on any atom is 0.274 e. The highest BCUT2D eigenvalue weighted by Crippen LogP contribution is 2.26. The molecule has 1 fully saturated rings. The lowest BCUT2D eigenvalue weighted by molar-refractivity contribution is 0.102. The van der Waals surface area contributed by atoms with Crippen LogP contribution in [0, 0.1) is 6.92 Å². The molecule has 0 bridgehead atoms.